The van der Waals surface area contributed by atoms with E-state index in [-0.39, 0.29) is 11.8 Å². The first-order valence-corrected chi connectivity index (χ1v) is 8.43. The van der Waals surface area contributed by atoms with Gasteiger partial charge < -0.3 is 15.3 Å². The quantitative estimate of drug-likeness (QED) is 0.800. The molecule has 1 heterocycles. The first-order chi connectivity index (χ1) is 11.5. The Morgan fingerprint density at radius 2 is 2.00 bits per heavy atom. The van der Waals surface area contributed by atoms with Crippen LogP contribution in [0.1, 0.15) is 49.4 Å². The molecule has 1 saturated heterocycles. The van der Waals surface area contributed by atoms with Crippen LogP contribution in [0.2, 0.25) is 0 Å². The molecule has 2 N–H and O–H groups in total. The molecule has 24 heavy (non-hydrogen) atoms. The summed E-state index contributed by atoms with van der Waals surface area (Å²) in [6.07, 6.45) is 3.29. The monoisotopic (exact) mass is 332 g/mol. The molecule has 2 atom stereocenters. The Kier molecular flexibility index (Phi) is 6.35. The summed E-state index contributed by atoms with van der Waals surface area (Å²) in [4.78, 5) is 37.9. The van der Waals surface area contributed by atoms with Gasteiger partial charge in [-0.2, -0.15) is 0 Å². The zero-order valence-corrected chi connectivity index (χ0v) is 13.9. The molecule has 1 aliphatic rings. The number of carbonyl (C=O) groups is 3. The van der Waals surface area contributed by atoms with Crippen molar-refractivity contribution in [1.82, 2.24) is 10.2 Å². The van der Waals surface area contributed by atoms with Crippen molar-refractivity contribution in [3.05, 3.63) is 35.9 Å². The van der Waals surface area contributed by atoms with Gasteiger partial charge in [-0.05, 0) is 31.4 Å². The maximum atomic E-state index is 12.6. The average molecular weight is 332 g/mol. The van der Waals surface area contributed by atoms with Crippen LogP contribution in [0.15, 0.2) is 30.3 Å². The minimum Gasteiger partial charge on any atom is -0.480 e. The number of amides is 2. The molecular weight excluding hydrogens is 308 g/mol. The number of carboxylic acids is 1. The van der Waals surface area contributed by atoms with Crippen LogP contribution in [0.3, 0.4) is 0 Å². The highest BCUT2D eigenvalue weighted by molar-refractivity contribution is 5.98. The highest BCUT2D eigenvalue weighted by Crippen LogP contribution is 2.20. The molecule has 1 aromatic rings. The van der Waals surface area contributed by atoms with Crippen LogP contribution in [0.25, 0.3) is 0 Å². The third-order valence-corrected chi connectivity index (χ3v) is 4.30. The molecule has 0 spiro atoms. The molecule has 1 aliphatic heterocycles. The van der Waals surface area contributed by atoms with Gasteiger partial charge in [0, 0.05) is 12.1 Å². The van der Waals surface area contributed by atoms with Crippen LogP contribution >= 0.6 is 0 Å². The number of rotatable bonds is 7. The number of nitrogens with zero attached hydrogens (tertiary/aromatic N) is 1. The molecule has 0 saturated carbocycles. The van der Waals surface area contributed by atoms with E-state index in [0.29, 0.717) is 24.9 Å². The van der Waals surface area contributed by atoms with Gasteiger partial charge in [0.2, 0.25) is 5.91 Å². The fraction of sp³-hybridized carbons (Fsp3) is 0.500. The van der Waals surface area contributed by atoms with E-state index < -0.39 is 18.1 Å². The van der Waals surface area contributed by atoms with E-state index in [2.05, 4.69) is 5.32 Å². The van der Waals surface area contributed by atoms with Crippen molar-refractivity contribution in [2.75, 3.05) is 6.54 Å². The number of carbonyl (C=O) groups excluding carboxylic acids is 2. The zero-order chi connectivity index (χ0) is 17.5. The van der Waals surface area contributed by atoms with E-state index in [1.807, 2.05) is 13.0 Å². The van der Waals surface area contributed by atoms with Crippen molar-refractivity contribution in [3.8, 4) is 0 Å². The third-order valence-electron chi connectivity index (χ3n) is 4.30. The number of benzene rings is 1. The summed E-state index contributed by atoms with van der Waals surface area (Å²) in [7, 11) is 0. The van der Waals surface area contributed by atoms with Gasteiger partial charge in [-0.25, -0.2) is 4.79 Å². The van der Waals surface area contributed by atoms with Crippen molar-refractivity contribution in [2.24, 2.45) is 0 Å². The fourth-order valence-electron chi connectivity index (χ4n) is 2.96. The molecule has 1 aromatic carbocycles. The summed E-state index contributed by atoms with van der Waals surface area (Å²) in [6.45, 7) is 2.48. The predicted octanol–water partition coefficient (Wildman–Crippen LogP) is 2.05. The molecule has 2 rings (SSSR count). The Labute approximate surface area is 141 Å². The number of aliphatic carboxylic acids is 1. The second-order valence-corrected chi connectivity index (χ2v) is 6.06. The summed E-state index contributed by atoms with van der Waals surface area (Å²) >= 11 is 0. The molecule has 6 nitrogen and oxygen atoms in total. The van der Waals surface area contributed by atoms with E-state index in [0.717, 1.165) is 19.3 Å². The standard InChI is InChI=1S/C18H24N2O4/c1-2-3-10-14(18(23)24)19-16(21)15-11-7-12-20(15)17(22)13-8-5-4-6-9-13/h4-6,8-9,14-15H,2-3,7,10-12H2,1H3,(H,19,21)(H,23,24). The molecule has 0 aromatic heterocycles. The first kappa shape index (κ1) is 18.0. The summed E-state index contributed by atoms with van der Waals surface area (Å²) in [5, 5.41) is 11.8. The smallest absolute Gasteiger partial charge is 0.326 e. The molecule has 2 unspecified atom stereocenters. The van der Waals surface area contributed by atoms with E-state index in [1.165, 1.54) is 0 Å². The second-order valence-electron chi connectivity index (χ2n) is 6.06. The summed E-state index contributed by atoms with van der Waals surface area (Å²) in [6, 6.07) is 7.34. The molecule has 6 heteroatoms. The van der Waals surface area contributed by atoms with Gasteiger partial charge in [0.25, 0.3) is 5.91 Å². The van der Waals surface area contributed by atoms with Crippen LogP contribution < -0.4 is 5.32 Å². The van der Waals surface area contributed by atoms with Crippen LogP contribution in [0.4, 0.5) is 0 Å². The number of carboxylic acid groups (broad SMARTS) is 1. The zero-order valence-electron chi connectivity index (χ0n) is 13.9. The number of hydrogen-bond donors (Lipinski definition) is 2. The Balaban J connectivity index is 2.04. The minimum atomic E-state index is -1.03. The van der Waals surface area contributed by atoms with E-state index >= 15 is 0 Å². The van der Waals surface area contributed by atoms with Crippen LogP contribution in [-0.2, 0) is 9.59 Å². The first-order valence-electron chi connectivity index (χ1n) is 8.43. The highest BCUT2D eigenvalue weighted by Gasteiger charge is 2.36. The number of hydrogen-bond acceptors (Lipinski definition) is 3. The second kappa shape index (κ2) is 8.47. The van der Waals surface area contributed by atoms with Gasteiger partial charge in [0.05, 0.1) is 0 Å². The lowest BCUT2D eigenvalue weighted by Crippen LogP contribution is -2.50. The number of likely N-dealkylation sites (tertiary alicyclic amines) is 1. The SMILES string of the molecule is CCCCC(NC(=O)C1CCCN1C(=O)c1ccccc1)C(=O)O. The number of nitrogens with one attached hydrogen (secondary N) is 1. The molecule has 0 radical (unpaired) electrons. The minimum absolute atomic E-state index is 0.186. The van der Waals surface area contributed by atoms with E-state index in [4.69, 9.17) is 0 Å². The van der Waals surface area contributed by atoms with Gasteiger partial charge in [0.1, 0.15) is 12.1 Å². The average Bonchev–Trinajstić information content (AvgIpc) is 3.08. The van der Waals surface area contributed by atoms with Crippen molar-refractivity contribution in [2.45, 2.75) is 51.1 Å². The maximum absolute atomic E-state index is 12.6. The molecule has 0 bridgehead atoms. The van der Waals surface area contributed by atoms with E-state index in [1.54, 1.807) is 29.2 Å². The van der Waals surface area contributed by atoms with Crippen molar-refractivity contribution < 1.29 is 19.5 Å². The van der Waals surface area contributed by atoms with Crippen molar-refractivity contribution in [1.29, 1.82) is 0 Å². The van der Waals surface area contributed by atoms with Crippen LogP contribution in [0, 0.1) is 0 Å². The largest absolute Gasteiger partial charge is 0.480 e. The Morgan fingerprint density at radius 3 is 2.62 bits per heavy atom. The Hall–Kier alpha value is -2.37. The lowest BCUT2D eigenvalue weighted by molar-refractivity contribution is -0.142. The topological polar surface area (TPSA) is 86.7 Å². The summed E-state index contributed by atoms with van der Waals surface area (Å²) < 4.78 is 0. The summed E-state index contributed by atoms with van der Waals surface area (Å²) in [5.41, 5.74) is 0.540. The molecular formula is C18H24N2O4. The Morgan fingerprint density at radius 1 is 1.29 bits per heavy atom. The lowest BCUT2D eigenvalue weighted by atomic mass is 10.1. The lowest BCUT2D eigenvalue weighted by Gasteiger charge is -2.25. The molecule has 130 valence electrons. The third kappa shape index (κ3) is 4.34. The predicted molar refractivity (Wildman–Crippen MR) is 89.6 cm³/mol. The van der Waals surface area contributed by atoms with Crippen molar-refractivity contribution >= 4 is 17.8 Å². The van der Waals surface area contributed by atoms with Crippen molar-refractivity contribution in [3.63, 3.8) is 0 Å². The maximum Gasteiger partial charge on any atom is 0.326 e. The molecule has 2 amide bonds. The Bertz CT molecular complexity index is 588. The van der Waals surface area contributed by atoms with Gasteiger partial charge in [-0.15, -0.1) is 0 Å². The van der Waals surface area contributed by atoms with Gasteiger partial charge >= 0.3 is 5.97 Å². The molecule has 0 aliphatic carbocycles. The normalized spacial score (nSPS) is 18.2. The van der Waals surface area contributed by atoms with Gasteiger partial charge in [0.15, 0.2) is 0 Å². The van der Waals surface area contributed by atoms with Gasteiger partial charge in [-0.3, -0.25) is 9.59 Å². The summed E-state index contributed by atoms with van der Waals surface area (Å²) in [5.74, 6) is -1.59. The fourth-order valence-corrected chi connectivity index (χ4v) is 2.96. The van der Waals surface area contributed by atoms with Crippen LogP contribution in [-0.4, -0.2) is 46.4 Å². The van der Waals surface area contributed by atoms with Crippen LogP contribution in [0.5, 0.6) is 0 Å². The van der Waals surface area contributed by atoms with E-state index in [9.17, 15) is 19.5 Å². The number of unbranched alkanes of at least 4 members (excludes halogenated alkanes) is 1. The molecule has 1 fully saturated rings. The highest BCUT2D eigenvalue weighted by atomic mass is 16.4. The van der Waals surface area contributed by atoms with Gasteiger partial charge in [-0.1, -0.05) is 38.0 Å².